The summed E-state index contributed by atoms with van der Waals surface area (Å²) < 4.78 is 10.8. The highest BCUT2D eigenvalue weighted by Gasteiger charge is 2.29. The fourth-order valence-electron chi connectivity index (χ4n) is 5.10. The zero-order chi connectivity index (χ0) is 35.3. The van der Waals surface area contributed by atoms with Crippen molar-refractivity contribution >= 4 is 41.3 Å². The quantitative estimate of drug-likeness (QED) is 0.102. The Labute approximate surface area is 284 Å². The van der Waals surface area contributed by atoms with E-state index in [1.807, 2.05) is 74.5 Å². The Bertz CT molecular complexity index is 1580. The smallest absolute Gasteiger partial charge is 0.458 e. The number of esters is 1. The molecule has 2 atom stereocenters. The second-order valence-electron chi connectivity index (χ2n) is 12.8. The van der Waals surface area contributed by atoms with E-state index < -0.39 is 36.7 Å². The molecular weight excluding hydrogens is 609 g/mol. The van der Waals surface area contributed by atoms with E-state index in [4.69, 9.17) is 9.47 Å². The number of ether oxygens (including phenoxy) is 2. The van der Waals surface area contributed by atoms with Crippen molar-refractivity contribution in [3.05, 3.63) is 102 Å². The minimum atomic E-state index is -1.63. The van der Waals surface area contributed by atoms with Crippen molar-refractivity contribution in [1.82, 2.24) is 15.5 Å². The van der Waals surface area contributed by atoms with Crippen LogP contribution in [0.15, 0.2) is 91.0 Å². The molecule has 11 heteroatoms. The lowest BCUT2D eigenvalue weighted by atomic mass is 9.77. The summed E-state index contributed by atoms with van der Waals surface area (Å²) in [7, 11) is -1.63. The van der Waals surface area contributed by atoms with E-state index in [9.17, 15) is 24.4 Å². The van der Waals surface area contributed by atoms with E-state index in [1.54, 1.807) is 32.9 Å². The maximum absolute atomic E-state index is 13.1. The van der Waals surface area contributed by atoms with Crippen LogP contribution in [0.3, 0.4) is 0 Å². The van der Waals surface area contributed by atoms with Crippen LogP contribution in [0.4, 0.5) is 4.79 Å². The molecule has 0 aromatic heterocycles. The van der Waals surface area contributed by atoms with Gasteiger partial charge in [0.05, 0.1) is 13.0 Å². The van der Waals surface area contributed by atoms with Gasteiger partial charge in [0.25, 0.3) is 0 Å². The number of carbonyl (C=O) groups excluding carboxylic acids is 3. The van der Waals surface area contributed by atoms with Gasteiger partial charge in [-0.05, 0) is 60.6 Å². The molecule has 0 aliphatic heterocycles. The van der Waals surface area contributed by atoms with Crippen molar-refractivity contribution in [1.29, 1.82) is 0 Å². The number of allylic oxidation sites excluding steroid dienone is 2. The number of fused-ring (bicyclic) bond motifs is 1. The largest absolute Gasteiger partial charge is 0.488 e. The van der Waals surface area contributed by atoms with Gasteiger partial charge in [-0.2, -0.15) is 0 Å². The standard InChI is InChI=1S/C37H48BN3O7/c1-7-13-26(2)27(3)25-47-36(44)40-33(35(43)48-37(4,5)6)22-34(42)39-20-21-41(24-30-15-9-11-19-32(30)38(45)46)23-29-17-12-16-28-14-8-10-18-31(28)29/h7-19,27,33,45-46H,2,20-25H2,1,3-6H3,(H,39,42)(H,40,44)/b13-7-/t27?,33-/m0/s1. The average Bonchev–Trinajstić information content (AvgIpc) is 3.03. The van der Waals surface area contributed by atoms with Crippen LogP contribution >= 0.6 is 0 Å². The van der Waals surface area contributed by atoms with Crippen LogP contribution in [-0.2, 0) is 32.2 Å². The lowest BCUT2D eigenvalue weighted by Crippen LogP contribution is -2.47. The first kappa shape index (κ1) is 38.0. The monoisotopic (exact) mass is 657 g/mol. The van der Waals surface area contributed by atoms with E-state index in [0.717, 1.165) is 27.5 Å². The van der Waals surface area contributed by atoms with Crippen molar-refractivity contribution in [3.8, 4) is 0 Å². The molecule has 0 aliphatic carbocycles. The molecule has 0 heterocycles. The second-order valence-corrected chi connectivity index (χ2v) is 12.8. The summed E-state index contributed by atoms with van der Waals surface area (Å²) in [6, 6.07) is 20.0. The SMILES string of the molecule is C=C(/C=C\C)C(C)COC(=O)N[C@@H](CC(=O)NCCN(Cc1ccccc1B(O)O)Cc1cccc2ccccc12)C(=O)OC(C)(C)C. The Morgan fingerprint density at radius 2 is 1.62 bits per heavy atom. The van der Waals surface area contributed by atoms with Crippen LogP contribution in [0.2, 0.25) is 0 Å². The summed E-state index contributed by atoms with van der Waals surface area (Å²) in [6.07, 6.45) is 2.48. The molecule has 1 unspecified atom stereocenters. The van der Waals surface area contributed by atoms with Gasteiger partial charge >= 0.3 is 19.2 Å². The molecule has 3 rings (SSSR count). The van der Waals surface area contributed by atoms with Gasteiger partial charge in [0.1, 0.15) is 11.6 Å². The van der Waals surface area contributed by atoms with Gasteiger partial charge < -0.3 is 30.2 Å². The molecular formula is C37H48BN3O7. The number of benzene rings is 3. The van der Waals surface area contributed by atoms with Crippen molar-refractivity contribution in [2.45, 2.75) is 65.8 Å². The van der Waals surface area contributed by atoms with E-state index in [1.165, 1.54) is 0 Å². The van der Waals surface area contributed by atoms with E-state index in [2.05, 4.69) is 28.2 Å². The lowest BCUT2D eigenvalue weighted by molar-refractivity contribution is -0.158. The van der Waals surface area contributed by atoms with Crippen molar-refractivity contribution in [2.24, 2.45) is 5.92 Å². The zero-order valence-corrected chi connectivity index (χ0v) is 28.6. The summed E-state index contributed by atoms with van der Waals surface area (Å²) in [6.45, 7) is 14.4. The Balaban J connectivity index is 1.70. The van der Waals surface area contributed by atoms with Crippen molar-refractivity contribution in [3.63, 3.8) is 0 Å². The summed E-state index contributed by atoms with van der Waals surface area (Å²) in [5, 5.41) is 27.5. The van der Waals surface area contributed by atoms with E-state index >= 15 is 0 Å². The number of carbonyl (C=O) groups is 3. The number of hydrogen-bond acceptors (Lipinski definition) is 8. The molecule has 0 saturated heterocycles. The average molecular weight is 658 g/mol. The number of rotatable bonds is 16. The summed E-state index contributed by atoms with van der Waals surface area (Å²) in [4.78, 5) is 40.9. The van der Waals surface area contributed by atoms with Crippen LogP contribution in [-0.4, -0.2) is 71.4 Å². The van der Waals surface area contributed by atoms with Gasteiger partial charge in [0.15, 0.2) is 0 Å². The van der Waals surface area contributed by atoms with Gasteiger partial charge in [-0.15, -0.1) is 0 Å². The van der Waals surface area contributed by atoms with Gasteiger partial charge in [-0.1, -0.05) is 92.4 Å². The maximum atomic E-state index is 13.1. The fourth-order valence-corrected chi connectivity index (χ4v) is 5.10. The predicted octanol–water partition coefficient (Wildman–Crippen LogP) is 4.23. The molecule has 4 N–H and O–H groups in total. The van der Waals surface area contributed by atoms with Crippen LogP contribution in [0.5, 0.6) is 0 Å². The summed E-state index contributed by atoms with van der Waals surface area (Å²) >= 11 is 0. The molecule has 0 radical (unpaired) electrons. The number of nitrogens with one attached hydrogen (secondary N) is 2. The van der Waals surface area contributed by atoms with Crippen molar-refractivity contribution < 1.29 is 33.9 Å². The molecule has 256 valence electrons. The van der Waals surface area contributed by atoms with Crippen LogP contribution in [0, 0.1) is 5.92 Å². The first-order valence-corrected chi connectivity index (χ1v) is 16.1. The molecule has 0 fully saturated rings. The number of alkyl carbamates (subject to hydrolysis) is 1. The second kappa shape index (κ2) is 18.2. The topological polar surface area (TPSA) is 137 Å². The minimum Gasteiger partial charge on any atom is -0.458 e. The summed E-state index contributed by atoms with van der Waals surface area (Å²) in [5.41, 5.74) is 2.19. The van der Waals surface area contributed by atoms with Gasteiger partial charge in [0, 0.05) is 32.1 Å². The first-order chi connectivity index (χ1) is 22.8. The van der Waals surface area contributed by atoms with Crippen LogP contribution in [0.1, 0.15) is 52.2 Å². The third kappa shape index (κ3) is 12.3. The highest BCUT2D eigenvalue weighted by Crippen LogP contribution is 2.21. The predicted molar refractivity (Wildman–Crippen MR) is 189 cm³/mol. The molecule has 0 spiro atoms. The molecule has 0 aliphatic rings. The third-order valence-electron chi connectivity index (χ3n) is 7.60. The summed E-state index contributed by atoms with van der Waals surface area (Å²) in [5.74, 6) is -1.35. The van der Waals surface area contributed by atoms with Gasteiger partial charge in [-0.25, -0.2) is 9.59 Å². The Kier molecular flexibility index (Phi) is 14.4. The van der Waals surface area contributed by atoms with Crippen molar-refractivity contribution in [2.75, 3.05) is 19.7 Å². The Hall–Kier alpha value is -4.45. The third-order valence-corrected chi connectivity index (χ3v) is 7.60. The van der Waals surface area contributed by atoms with Gasteiger partial charge in [0.2, 0.25) is 5.91 Å². The number of nitrogens with zero attached hydrogens (tertiary/aromatic N) is 1. The highest BCUT2D eigenvalue weighted by molar-refractivity contribution is 6.59. The molecule has 3 aromatic rings. The maximum Gasteiger partial charge on any atom is 0.488 e. The number of hydrogen-bond donors (Lipinski definition) is 4. The Morgan fingerprint density at radius 3 is 2.33 bits per heavy atom. The lowest BCUT2D eigenvalue weighted by Gasteiger charge is -2.26. The highest BCUT2D eigenvalue weighted by atomic mass is 16.6. The fraction of sp³-hybridized carbons (Fsp3) is 0.378. The normalized spacial score (nSPS) is 12.8. The van der Waals surface area contributed by atoms with Crippen LogP contribution in [0.25, 0.3) is 10.8 Å². The molecule has 48 heavy (non-hydrogen) atoms. The molecule has 0 bridgehead atoms. The Morgan fingerprint density at radius 1 is 0.979 bits per heavy atom. The molecule has 10 nitrogen and oxygen atoms in total. The minimum absolute atomic E-state index is 0.0468. The number of amides is 2. The first-order valence-electron chi connectivity index (χ1n) is 16.1. The zero-order valence-electron chi connectivity index (χ0n) is 28.6. The molecule has 2 amide bonds. The van der Waals surface area contributed by atoms with E-state index in [0.29, 0.717) is 25.1 Å². The molecule has 0 saturated carbocycles. The van der Waals surface area contributed by atoms with E-state index in [-0.39, 0.29) is 25.5 Å². The van der Waals surface area contributed by atoms with Gasteiger partial charge in [-0.3, -0.25) is 9.69 Å². The molecule has 3 aromatic carbocycles. The van der Waals surface area contributed by atoms with Crippen LogP contribution < -0.4 is 16.1 Å².